The number of nitrogens with zero attached hydrogens (tertiary/aromatic N) is 1. The highest BCUT2D eigenvalue weighted by Gasteiger charge is 2.18. The van der Waals surface area contributed by atoms with Crippen LogP contribution in [0.4, 0.5) is 0 Å². The first-order chi connectivity index (χ1) is 17.0. The number of rotatable bonds is 9. The van der Waals surface area contributed by atoms with Crippen LogP contribution in [-0.4, -0.2) is 31.7 Å². The van der Waals surface area contributed by atoms with E-state index in [1.807, 2.05) is 62.4 Å². The van der Waals surface area contributed by atoms with E-state index in [9.17, 15) is 4.79 Å². The van der Waals surface area contributed by atoms with Crippen molar-refractivity contribution in [2.75, 3.05) is 20.8 Å². The summed E-state index contributed by atoms with van der Waals surface area (Å²) in [6.45, 7) is 4.63. The summed E-state index contributed by atoms with van der Waals surface area (Å²) in [5, 5.41) is 3.75. The first kappa shape index (κ1) is 23.9. The van der Waals surface area contributed by atoms with Gasteiger partial charge in [-0.2, -0.15) is 0 Å². The van der Waals surface area contributed by atoms with Crippen LogP contribution >= 0.6 is 0 Å². The highest BCUT2D eigenvalue weighted by atomic mass is 16.5. The minimum Gasteiger partial charge on any atom is -0.497 e. The van der Waals surface area contributed by atoms with Crippen LogP contribution in [0.15, 0.2) is 71.5 Å². The number of fused-ring (bicyclic) bond motifs is 1. The highest BCUT2D eigenvalue weighted by molar-refractivity contribution is 6.01. The van der Waals surface area contributed by atoms with E-state index in [2.05, 4.69) is 10.3 Å². The predicted octanol–water partition coefficient (Wildman–Crippen LogP) is 5.63. The number of hydrogen-bond donors (Lipinski definition) is 1. The van der Waals surface area contributed by atoms with Gasteiger partial charge in [-0.15, -0.1) is 0 Å². The van der Waals surface area contributed by atoms with Crippen molar-refractivity contribution >= 4 is 22.4 Å². The molecule has 2 heterocycles. The molecular formula is C28H28N2O5. The Balaban J connectivity index is 1.72. The molecule has 0 radical (unpaired) electrons. The summed E-state index contributed by atoms with van der Waals surface area (Å²) in [5.74, 6) is 1.84. The molecule has 0 aliphatic rings. The van der Waals surface area contributed by atoms with Crippen LogP contribution in [0.3, 0.4) is 0 Å². The third-order valence-electron chi connectivity index (χ3n) is 5.61. The Labute approximate surface area is 204 Å². The van der Waals surface area contributed by atoms with Gasteiger partial charge in [-0.25, -0.2) is 0 Å². The number of amides is 1. The van der Waals surface area contributed by atoms with Gasteiger partial charge in [0, 0.05) is 40.4 Å². The van der Waals surface area contributed by atoms with Gasteiger partial charge in [0.25, 0.3) is 0 Å². The van der Waals surface area contributed by atoms with Crippen molar-refractivity contribution in [1.29, 1.82) is 0 Å². The molecular weight excluding hydrogens is 444 g/mol. The van der Waals surface area contributed by atoms with Crippen LogP contribution < -0.4 is 19.5 Å². The number of nitrogens with one attached hydrogen (secondary N) is 1. The molecule has 0 saturated carbocycles. The summed E-state index contributed by atoms with van der Waals surface area (Å²) in [6, 6.07) is 15.0. The lowest BCUT2D eigenvalue weighted by atomic mass is 9.98. The Morgan fingerprint density at radius 3 is 2.63 bits per heavy atom. The molecule has 0 aliphatic heterocycles. The second-order valence-electron chi connectivity index (χ2n) is 7.86. The predicted molar refractivity (Wildman–Crippen MR) is 136 cm³/mol. The summed E-state index contributed by atoms with van der Waals surface area (Å²) >= 11 is 0. The number of carbonyl (C=O) groups excluding carboxylic acids is 1. The van der Waals surface area contributed by atoms with Gasteiger partial charge in [-0.05, 0) is 55.8 Å². The molecule has 1 N–H and O–H groups in total. The summed E-state index contributed by atoms with van der Waals surface area (Å²) < 4.78 is 22.8. The van der Waals surface area contributed by atoms with Gasteiger partial charge in [0.2, 0.25) is 5.91 Å². The van der Waals surface area contributed by atoms with Gasteiger partial charge in [0.1, 0.15) is 22.8 Å². The fourth-order valence-corrected chi connectivity index (χ4v) is 3.88. The van der Waals surface area contributed by atoms with Gasteiger partial charge in [0.05, 0.1) is 39.3 Å². The van der Waals surface area contributed by atoms with E-state index in [0.29, 0.717) is 36.0 Å². The zero-order valence-corrected chi connectivity index (χ0v) is 20.3. The Morgan fingerprint density at radius 1 is 1.06 bits per heavy atom. The normalized spacial score (nSPS) is 11.4. The number of pyridine rings is 1. The molecule has 0 atom stereocenters. The molecule has 2 aromatic heterocycles. The van der Waals surface area contributed by atoms with E-state index in [1.54, 1.807) is 32.8 Å². The van der Waals surface area contributed by atoms with Crippen molar-refractivity contribution in [2.24, 2.45) is 0 Å². The van der Waals surface area contributed by atoms with Crippen LogP contribution in [0.5, 0.6) is 17.2 Å². The van der Waals surface area contributed by atoms with E-state index < -0.39 is 0 Å². The van der Waals surface area contributed by atoms with Crippen LogP contribution in [0.2, 0.25) is 0 Å². The van der Waals surface area contributed by atoms with Gasteiger partial charge >= 0.3 is 0 Å². The van der Waals surface area contributed by atoms with Crippen molar-refractivity contribution in [1.82, 2.24) is 10.3 Å². The summed E-state index contributed by atoms with van der Waals surface area (Å²) in [4.78, 5) is 16.9. The second kappa shape index (κ2) is 10.8. The van der Waals surface area contributed by atoms with Crippen LogP contribution in [0.1, 0.15) is 25.1 Å². The molecule has 4 aromatic rings. The average molecular weight is 473 g/mol. The molecule has 0 unspecified atom stereocenters. The largest absolute Gasteiger partial charge is 0.497 e. The lowest BCUT2D eigenvalue weighted by molar-refractivity contribution is -0.116. The van der Waals surface area contributed by atoms with Gasteiger partial charge in [-0.1, -0.05) is 6.07 Å². The van der Waals surface area contributed by atoms with Crippen molar-refractivity contribution in [3.63, 3.8) is 0 Å². The molecule has 0 spiro atoms. The number of carbonyl (C=O) groups is 1. The molecule has 1 amide bonds. The van der Waals surface area contributed by atoms with Crippen molar-refractivity contribution < 1.29 is 23.4 Å². The molecule has 0 saturated heterocycles. The van der Waals surface area contributed by atoms with Crippen molar-refractivity contribution in [3.8, 4) is 28.4 Å². The lowest BCUT2D eigenvalue weighted by Crippen LogP contribution is -2.21. The van der Waals surface area contributed by atoms with Crippen LogP contribution in [-0.2, 0) is 11.3 Å². The quantitative estimate of drug-likeness (QED) is 0.318. The lowest BCUT2D eigenvalue weighted by Gasteiger charge is -2.13. The molecule has 0 bridgehead atoms. The number of aromatic nitrogens is 1. The van der Waals surface area contributed by atoms with E-state index in [0.717, 1.165) is 33.3 Å². The number of ether oxygens (including phenoxy) is 3. The van der Waals surface area contributed by atoms with Crippen molar-refractivity contribution in [2.45, 2.75) is 20.4 Å². The molecule has 180 valence electrons. The average Bonchev–Trinajstić information content (AvgIpc) is 3.30. The zero-order valence-electron chi connectivity index (χ0n) is 20.3. The third-order valence-corrected chi connectivity index (χ3v) is 5.61. The Morgan fingerprint density at radius 2 is 1.91 bits per heavy atom. The molecule has 2 aromatic carbocycles. The second-order valence-corrected chi connectivity index (χ2v) is 7.86. The topological polar surface area (TPSA) is 82.8 Å². The summed E-state index contributed by atoms with van der Waals surface area (Å²) in [7, 11) is 3.25. The van der Waals surface area contributed by atoms with Gasteiger partial charge in [0.15, 0.2) is 0 Å². The molecule has 0 aliphatic carbocycles. The highest BCUT2D eigenvalue weighted by Crippen LogP contribution is 2.41. The maximum Gasteiger partial charge on any atom is 0.244 e. The Hall–Kier alpha value is -4.26. The number of allylic oxidation sites excluding steroid dienone is 1. The van der Waals surface area contributed by atoms with E-state index in [1.165, 1.54) is 0 Å². The maximum atomic E-state index is 12.6. The van der Waals surface area contributed by atoms with E-state index in [4.69, 9.17) is 18.6 Å². The maximum absolute atomic E-state index is 12.6. The van der Waals surface area contributed by atoms with Crippen molar-refractivity contribution in [3.05, 3.63) is 78.3 Å². The summed E-state index contributed by atoms with van der Waals surface area (Å²) in [5.41, 5.74) is 4.72. The first-order valence-corrected chi connectivity index (χ1v) is 11.3. The number of methoxy groups -OCH3 is 2. The summed E-state index contributed by atoms with van der Waals surface area (Å²) in [6.07, 6.45) is 4.96. The zero-order chi connectivity index (χ0) is 24.8. The minimum absolute atomic E-state index is 0.211. The molecule has 7 nitrogen and oxygen atoms in total. The molecule has 35 heavy (non-hydrogen) atoms. The fourth-order valence-electron chi connectivity index (χ4n) is 3.88. The number of hydrogen-bond acceptors (Lipinski definition) is 6. The Kier molecular flexibility index (Phi) is 7.35. The van der Waals surface area contributed by atoms with Crippen LogP contribution in [0.25, 0.3) is 27.7 Å². The number of benzene rings is 2. The monoisotopic (exact) mass is 472 g/mol. The molecule has 0 fully saturated rings. The van der Waals surface area contributed by atoms with Crippen LogP contribution in [0, 0.1) is 0 Å². The number of furan rings is 1. The fraction of sp³-hybridized carbons (Fsp3) is 0.214. The SMILES string of the molecule is CCOc1cc2occ(-c3cc(OC)ccc3OC)c2cc1/C(C)=C/C(=O)NCc1ccccn1. The standard InChI is InChI=1S/C28H28N2O5/c1-5-34-26-15-27-23(24(17-35-27)22-13-20(32-3)9-10-25(22)33-4)14-21(26)18(2)12-28(31)30-16-19-8-6-7-11-29-19/h6-15,17H,5,16H2,1-4H3,(H,30,31)/b18-12+. The van der Waals surface area contributed by atoms with E-state index in [-0.39, 0.29) is 5.91 Å². The minimum atomic E-state index is -0.211. The first-order valence-electron chi connectivity index (χ1n) is 11.3. The van der Waals surface area contributed by atoms with Gasteiger partial charge < -0.3 is 23.9 Å². The molecule has 4 rings (SSSR count). The van der Waals surface area contributed by atoms with Gasteiger partial charge in [-0.3, -0.25) is 9.78 Å². The van der Waals surface area contributed by atoms with E-state index >= 15 is 0 Å². The third kappa shape index (κ3) is 5.30. The smallest absolute Gasteiger partial charge is 0.244 e. The Bertz CT molecular complexity index is 1360. The molecule has 7 heteroatoms.